The fourth-order valence-electron chi connectivity index (χ4n) is 8.03. The summed E-state index contributed by atoms with van der Waals surface area (Å²) in [5.41, 5.74) is 6.06. The molecule has 2 atom stereocenters. The topological polar surface area (TPSA) is 0 Å². The molecule has 6 rings (SSSR count). The van der Waals surface area contributed by atoms with Gasteiger partial charge < -0.3 is 0 Å². The van der Waals surface area contributed by atoms with Gasteiger partial charge in [-0.15, -0.1) is 24.8 Å². The SMILES string of the molecule is C[Si](C)(C)C1=Cc2ccccc2[CH]1[Zr](=[SiH2])([c]1ccccc1)([c]1ccccc1)[CH]1C([Si](C)(C)C)=Cc2ccccc21.Cl.Cl. The van der Waals surface area contributed by atoms with Crippen molar-refractivity contribution in [2.75, 3.05) is 0 Å². The molecule has 2 aliphatic carbocycles. The normalized spacial score (nSPS) is 18.2. The van der Waals surface area contributed by atoms with E-state index in [0.29, 0.717) is 7.25 Å². The Hall–Kier alpha value is -1.53. The minimum Gasteiger partial charge on any atom is -0.147 e. The molecule has 2 aliphatic rings. The second kappa shape index (κ2) is 11.8. The monoisotopic (exact) mass is 720 g/mol. The fraction of sp³-hybridized carbons (Fsp3) is 0.222. The van der Waals surface area contributed by atoms with Crippen LogP contribution in [0.4, 0.5) is 0 Å². The molecule has 0 bridgehead atoms. The van der Waals surface area contributed by atoms with Gasteiger partial charge in [0.05, 0.1) is 0 Å². The zero-order chi connectivity index (χ0) is 28.4. The van der Waals surface area contributed by atoms with Crippen molar-refractivity contribution in [3.8, 4) is 0 Å². The fourth-order valence-corrected chi connectivity index (χ4v) is 50.4. The Balaban J connectivity index is 0.00000202. The van der Waals surface area contributed by atoms with Gasteiger partial charge in [0.2, 0.25) is 0 Å². The molecule has 0 aliphatic heterocycles. The largest absolute Gasteiger partial charge is 0.147 e. The molecule has 0 radical (unpaired) electrons. The van der Waals surface area contributed by atoms with Gasteiger partial charge in [-0.05, 0) is 0 Å². The third-order valence-corrected chi connectivity index (χ3v) is 43.1. The first-order chi connectivity index (χ1) is 19.0. The zero-order valence-corrected chi connectivity index (χ0v) is 33.2. The summed E-state index contributed by atoms with van der Waals surface area (Å²) in [6, 6.07) is 42.6. The maximum absolute atomic E-state index is 4.52. The van der Waals surface area contributed by atoms with Crippen LogP contribution in [-0.2, 0) is 17.4 Å². The van der Waals surface area contributed by atoms with Crippen molar-refractivity contribution in [3.63, 3.8) is 0 Å². The van der Waals surface area contributed by atoms with Crippen molar-refractivity contribution < 1.29 is 17.4 Å². The molecule has 4 aromatic rings. The van der Waals surface area contributed by atoms with E-state index in [1.54, 1.807) is 28.1 Å². The van der Waals surface area contributed by atoms with Crippen molar-refractivity contribution in [2.45, 2.75) is 46.5 Å². The van der Waals surface area contributed by atoms with Crippen LogP contribution in [0.15, 0.2) is 120 Å². The van der Waals surface area contributed by atoms with E-state index in [2.05, 4.69) is 168 Å². The van der Waals surface area contributed by atoms with Gasteiger partial charge in [-0.25, -0.2) is 0 Å². The van der Waals surface area contributed by atoms with Gasteiger partial charge in [-0.1, -0.05) is 0 Å². The third kappa shape index (κ3) is 4.95. The maximum atomic E-state index is 2.64. The molecule has 0 nitrogen and oxygen atoms in total. The van der Waals surface area contributed by atoms with Crippen LogP contribution in [-0.4, -0.2) is 23.0 Å². The van der Waals surface area contributed by atoms with Gasteiger partial charge >= 0.3 is 247 Å². The molecule has 4 aromatic carbocycles. The van der Waals surface area contributed by atoms with Gasteiger partial charge in [0, 0.05) is 0 Å². The quantitative estimate of drug-likeness (QED) is 0.175. The molecule has 0 fully saturated rings. The maximum Gasteiger partial charge on any atom is -0.147 e. The van der Waals surface area contributed by atoms with Crippen molar-refractivity contribution in [2.24, 2.45) is 0 Å². The number of halogens is 2. The molecule has 0 saturated carbocycles. The molecular weight excluding hydrogens is 679 g/mol. The molecule has 0 aromatic heterocycles. The summed E-state index contributed by atoms with van der Waals surface area (Å²) < 4.78 is 4.13. The van der Waals surface area contributed by atoms with Gasteiger partial charge in [0.1, 0.15) is 0 Å². The Morgan fingerprint density at radius 2 is 0.786 bits per heavy atom. The van der Waals surface area contributed by atoms with Crippen LogP contribution >= 0.6 is 24.8 Å². The van der Waals surface area contributed by atoms with Crippen molar-refractivity contribution in [1.29, 1.82) is 0 Å². The van der Waals surface area contributed by atoms with Gasteiger partial charge in [0.25, 0.3) is 0 Å². The minimum atomic E-state index is -4.52. The average Bonchev–Trinajstić information content (AvgIpc) is 3.55. The smallest absolute Gasteiger partial charge is 0.147 e. The van der Waals surface area contributed by atoms with Crippen LogP contribution in [0.3, 0.4) is 0 Å². The van der Waals surface area contributed by atoms with Crippen molar-refractivity contribution in [3.05, 3.63) is 142 Å². The number of fused-ring (bicyclic) bond motifs is 2. The number of hydrogen-bond donors (Lipinski definition) is 0. The first kappa shape index (κ1) is 33.4. The Labute approximate surface area is 270 Å². The summed E-state index contributed by atoms with van der Waals surface area (Å²) in [6.45, 7) is 18.0. The van der Waals surface area contributed by atoms with Crippen molar-refractivity contribution >= 4 is 66.5 Å². The van der Waals surface area contributed by atoms with Crippen LogP contribution < -0.4 is 6.54 Å². The van der Waals surface area contributed by atoms with E-state index < -0.39 is 33.5 Å². The van der Waals surface area contributed by atoms with E-state index in [4.69, 9.17) is 0 Å². The Kier molecular flexibility index (Phi) is 9.35. The number of allylic oxidation sites excluding steroid dienone is 2. The molecule has 2 unspecified atom stereocenters. The molecule has 6 heteroatoms. The van der Waals surface area contributed by atoms with Crippen molar-refractivity contribution in [1.82, 2.24) is 0 Å². The second-order valence-electron chi connectivity index (χ2n) is 14.2. The molecule has 0 N–H and O–H groups in total. The third-order valence-electron chi connectivity index (χ3n) is 9.82. The minimum absolute atomic E-state index is 0. The Bertz CT molecular complexity index is 1600. The first-order valence-corrected chi connectivity index (χ1v) is 32.9. The average molecular weight is 723 g/mol. The number of benzene rings is 4. The number of rotatable bonds is 6. The molecule has 42 heavy (non-hydrogen) atoms. The summed E-state index contributed by atoms with van der Waals surface area (Å²) in [5, 5.41) is 3.50. The molecular formula is C36H44Cl2Si3Zr. The second-order valence-corrected chi connectivity index (χ2v) is 47.0. The molecule has 0 saturated heterocycles. The summed E-state index contributed by atoms with van der Waals surface area (Å²) in [4.78, 5) is 0. The molecule has 0 amide bonds. The molecule has 218 valence electrons. The summed E-state index contributed by atoms with van der Waals surface area (Å²) in [6.07, 6.45) is 5.27. The molecule has 0 heterocycles. The Morgan fingerprint density at radius 1 is 0.476 bits per heavy atom. The van der Waals surface area contributed by atoms with Gasteiger partial charge in [0.15, 0.2) is 0 Å². The van der Waals surface area contributed by atoms with E-state index in [1.165, 1.54) is 11.1 Å². The first-order valence-electron chi connectivity index (χ1n) is 14.7. The summed E-state index contributed by atoms with van der Waals surface area (Å²) >= 11 is -4.52. The van der Waals surface area contributed by atoms with Crippen LogP contribution in [0.25, 0.3) is 12.2 Å². The van der Waals surface area contributed by atoms with E-state index in [1.807, 2.05) is 0 Å². The number of hydrogen-bond acceptors (Lipinski definition) is 0. The summed E-state index contributed by atoms with van der Waals surface area (Å²) in [5.74, 6) is 0. The van der Waals surface area contributed by atoms with Crippen LogP contribution in [0.2, 0.25) is 39.3 Å². The predicted molar refractivity (Wildman–Crippen MR) is 196 cm³/mol. The Morgan fingerprint density at radius 3 is 1.12 bits per heavy atom. The van der Waals surface area contributed by atoms with Crippen LogP contribution in [0, 0.1) is 0 Å². The van der Waals surface area contributed by atoms with E-state index >= 15 is 0 Å². The molecule has 0 spiro atoms. The van der Waals surface area contributed by atoms with E-state index in [0.717, 1.165) is 0 Å². The van der Waals surface area contributed by atoms with Gasteiger partial charge in [-0.2, -0.15) is 0 Å². The van der Waals surface area contributed by atoms with Gasteiger partial charge in [-0.3, -0.25) is 0 Å². The predicted octanol–water partition coefficient (Wildman–Crippen LogP) is 8.75. The zero-order valence-electron chi connectivity index (χ0n) is 25.7. The summed E-state index contributed by atoms with van der Waals surface area (Å²) in [7, 11) is -3.42. The van der Waals surface area contributed by atoms with E-state index in [-0.39, 0.29) is 24.8 Å². The standard InChI is InChI=1S/2C12H15Si.2C6H5.2ClH.H2Si.Zr/c2*1-13(2,3)12-8-10-6-4-5-7-11(10)9-12;2*1-2-4-6-5-3-1;;;;/h2*4-9H,1-3H3;2*1-5H;2*1H;1H2;. The van der Waals surface area contributed by atoms with Crippen LogP contribution in [0.5, 0.6) is 0 Å². The van der Waals surface area contributed by atoms with Crippen LogP contribution in [0.1, 0.15) is 29.5 Å². The van der Waals surface area contributed by atoms with E-state index in [9.17, 15) is 0 Å².